The molecule has 32 heavy (non-hydrogen) atoms. The minimum absolute atomic E-state index is 0.00804. The van der Waals surface area contributed by atoms with Crippen LogP contribution in [0.2, 0.25) is 0 Å². The van der Waals surface area contributed by atoms with Gasteiger partial charge in [-0.15, -0.1) is 0 Å². The van der Waals surface area contributed by atoms with Crippen molar-refractivity contribution < 1.29 is 23.8 Å². The number of hydrogen-bond acceptors (Lipinski definition) is 5. The lowest BCUT2D eigenvalue weighted by Crippen LogP contribution is -2.32. The average molecular weight is 441 g/mol. The third-order valence-electron chi connectivity index (χ3n) is 5.33. The van der Waals surface area contributed by atoms with E-state index < -0.39 is 23.5 Å². The van der Waals surface area contributed by atoms with Crippen LogP contribution < -0.4 is 4.74 Å². The number of Topliss-reactive ketones (excluding diaryl/α,β-unsaturated/α-hetero) is 1. The molecule has 0 unspecified atom stereocenters. The smallest absolute Gasteiger partial charge is 0.295 e. The molecule has 1 N–H and O–H groups in total. The highest BCUT2D eigenvalue weighted by molar-refractivity contribution is 6.46. The molecule has 0 saturated carbocycles. The summed E-state index contributed by atoms with van der Waals surface area (Å²) in [6, 6.07) is 11.7. The monoisotopic (exact) mass is 440 g/mol. The number of nitrogens with zero attached hydrogens (tertiary/aromatic N) is 2. The fourth-order valence-corrected chi connectivity index (χ4v) is 3.74. The third kappa shape index (κ3) is 5.16. The van der Waals surface area contributed by atoms with E-state index in [0.717, 1.165) is 13.0 Å². The Bertz CT molecular complexity index is 984. The van der Waals surface area contributed by atoms with Crippen LogP contribution in [-0.2, 0) is 9.59 Å². The molecule has 6 nitrogen and oxygen atoms in total. The van der Waals surface area contributed by atoms with Crippen molar-refractivity contribution >= 4 is 17.4 Å². The maximum absolute atomic E-state index is 13.4. The van der Waals surface area contributed by atoms with Gasteiger partial charge in [0.2, 0.25) is 0 Å². The van der Waals surface area contributed by atoms with Crippen LogP contribution in [0.1, 0.15) is 36.9 Å². The zero-order valence-electron chi connectivity index (χ0n) is 18.7. The molecule has 0 aliphatic carbocycles. The van der Waals surface area contributed by atoms with Gasteiger partial charge in [0.05, 0.1) is 18.2 Å². The number of halogens is 1. The van der Waals surface area contributed by atoms with Crippen LogP contribution in [0.4, 0.5) is 4.39 Å². The summed E-state index contributed by atoms with van der Waals surface area (Å²) in [5, 5.41) is 11.0. The second-order valence-electron chi connectivity index (χ2n) is 8.07. The van der Waals surface area contributed by atoms with Crippen LogP contribution in [-0.4, -0.2) is 60.4 Å². The molecule has 0 radical (unpaired) electrons. The van der Waals surface area contributed by atoms with Crippen LogP contribution in [0.25, 0.3) is 5.76 Å². The SMILES string of the molecule is CCCOc1ccc([C@H]2C(=C(O)c3ccc(F)cc3)C(=O)C(=O)N2CCCN(C)C)cc1. The summed E-state index contributed by atoms with van der Waals surface area (Å²) < 4.78 is 19.0. The Kier molecular flexibility index (Phi) is 7.64. The summed E-state index contributed by atoms with van der Waals surface area (Å²) in [6.45, 7) is 3.72. The molecular weight excluding hydrogens is 411 g/mol. The van der Waals surface area contributed by atoms with E-state index in [0.29, 0.717) is 30.9 Å². The van der Waals surface area contributed by atoms with Gasteiger partial charge in [-0.05, 0) is 75.4 Å². The number of ether oxygens (including phenoxy) is 1. The Labute approximate surface area is 187 Å². The van der Waals surface area contributed by atoms with E-state index in [1.54, 1.807) is 24.3 Å². The average Bonchev–Trinajstić information content (AvgIpc) is 3.03. The minimum atomic E-state index is -0.743. The minimum Gasteiger partial charge on any atom is -0.507 e. The fourth-order valence-electron chi connectivity index (χ4n) is 3.74. The van der Waals surface area contributed by atoms with Crippen LogP contribution in [0.5, 0.6) is 5.75 Å². The van der Waals surface area contributed by atoms with E-state index >= 15 is 0 Å². The second-order valence-corrected chi connectivity index (χ2v) is 8.07. The first kappa shape index (κ1) is 23.5. The molecule has 1 heterocycles. The summed E-state index contributed by atoms with van der Waals surface area (Å²) in [6.07, 6.45) is 1.55. The first-order chi connectivity index (χ1) is 15.3. The molecular formula is C25H29FN2O4. The number of carbonyl (C=O) groups excluding carboxylic acids is 2. The third-order valence-corrected chi connectivity index (χ3v) is 5.33. The van der Waals surface area contributed by atoms with Crippen molar-refractivity contribution in [1.82, 2.24) is 9.80 Å². The van der Waals surface area contributed by atoms with E-state index in [-0.39, 0.29) is 16.9 Å². The van der Waals surface area contributed by atoms with Gasteiger partial charge in [0.1, 0.15) is 17.3 Å². The normalized spacial score (nSPS) is 17.9. The molecule has 1 atom stereocenters. The maximum atomic E-state index is 13.4. The molecule has 3 rings (SSSR count). The number of rotatable bonds is 9. The van der Waals surface area contributed by atoms with Gasteiger partial charge in [-0.2, -0.15) is 0 Å². The molecule has 2 aromatic carbocycles. The Balaban J connectivity index is 2.03. The number of hydrogen-bond donors (Lipinski definition) is 1. The van der Waals surface area contributed by atoms with E-state index in [1.165, 1.54) is 29.2 Å². The number of aliphatic hydroxyl groups excluding tert-OH is 1. The van der Waals surface area contributed by atoms with Crippen LogP contribution in [0.15, 0.2) is 54.1 Å². The number of likely N-dealkylation sites (tertiary alicyclic amines) is 1. The highest BCUT2D eigenvalue weighted by atomic mass is 19.1. The molecule has 0 aromatic heterocycles. The van der Waals surface area contributed by atoms with Gasteiger partial charge in [-0.3, -0.25) is 9.59 Å². The van der Waals surface area contributed by atoms with E-state index in [9.17, 15) is 19.1 Å². The van der Waals surface area contributed by atoms with Gasteiger partial charge in [0, 0.05) is 12.1 Å². The summed E-state index contributed by atoms with van der Waals surface area (Å²) >= 11 is 0. The lowest BCUT2D eigenvalue weighted by molar-refractivity contribution is -0.139. The summed E-state index contributed by atoms with van der Waals surface area (Å²) in [5.41, 5.74) is 0.987. The first-order valence-electron chi connectivity index (χ1n) is 10.7. The van der Waals surface area contributed by atoms with Crippen LogP contribution >= 0.6 is 0 Å². The van der Waals surface area contributed by atoms with Crippen molar-refractivity contribution in [2.24, 2.45) is 0 Å². The van der Waals surface area contributed by atoms with Crippen molar-refractivity contribution in [2.75, 3.05) is 33.8 Å². The molecule has 7 heteroatoms. The van der Waals surface area contributed by atoms with Gasteiger partial charge < -0.3 is 19.6 Å². The molecule has 2 aromatic rings. The topological polar surface area (TPSA) is 70.1 Å². The largest absolute Gasteiger partial charge is 0.507 e. The highest BCUT2D eigenvalue weighted by Crippen LogP contribution is 2.39. The molecule has 1 aliphatic rings. The van der Waals surface area contributed by atoms with Crippen LogP contribution in [0, 0.1) is 5.82 Å². The predicted molar refractivity (Wildman–Crippen MR) is 121 cm³/mol. The van der Waals surface area contributed by atoms with E-state index in [4.69, 9.17) is 4.74 Å². The molecule has 1 fully saturated rings. The lowest BCUT2D eigenvalue weighted by Gasteiger charge is -2.26. The van der Waals surface area contributed by atoms with Crippen LogP contribution in [0.3, 0.4) is 0 Å². The number of ketones is 1. The summed E-state index contributed by atoms with van der Waals surface area (Å²) in [7, 11) is 3.88. The van der Waals surface area contributed by atoms with Crippen molar-refractivity contribution in [1.29, 1.82) is 0 Å². The van der Waals surface area contributed by atoms with Gasteiger partial charge in [0.25, 0.3) is 11.7 Å². The molecule has 1 amide bonds. The zero-order chi connectivity index (χ0) is 23.3. The summed E-state index contributed by atoms with van der Waals surface area (Å²) in [4.78, 5) is 29.4. The molecule has 1 aliphatic heterocycles. The van der Waals surface area contributed by atoms with Gasteiger partial charge in [0.15, 0.2) is 0 Å². The Morgan fingerprint density at radius 3 is 2.34 bits per heavy atom. The van der Waals surface area contributed by atoms with E-state index in [2.05, 4.69) is 0 Å². The maximum Gasteiger partial charge on any atom is 0.295 e. The van der Waals surface area contributed by atoms with Crippen molar-refractivity contribution in [3.8, 4) is 5.75 Å². The Morgan fingerprint density at radius 1 is 1.09 bits per heavy atom. The number of carbonyl (C=O) groups is 2. The van der Waals surface area contributed by atoms with Crippen molar-refractivity contribution in [3.05, 3.63) is 71.0 Å². The number of benzene rings is 2. The van der Waals surface area contributed by atoms with E-state index in [1.807, 2.05) is 25.9 Å². The second kappa shape index (κ2) is 10.4. The molecule has 170 valence electrons. The Morgan fingerprint density at radius 2 is 1.75 bits per heavy atom. The fraction of sp³-hybridized carbons (Fsp3) is 0.360. The number of aliphatic hydroxyl groups is 1. The number of amides is 1. The molecule has 0 bridgehead atoms. The highest BCUT2D eigenvalue weighted by Gasteiger charge is 2.45. The Hall–Kier alpha value is -3.19. The van der Waals surface area contributed by atoms with Gasteiger partial charge in [-0.1, -0.05) is 19.1 Å². The molecule has 1 saturated heterocycles. The van der Waals surface area contributed by atoms with Gasteiger partial charge >= 0.3 is 0 Å². The quantitative estimate of drug-likeness (QED) is 0.363. The first-order valence-corrected chi connectivity index (χ1v) is 10.7. The summed E-state index contributed by atoms with van der Waals surface area (Å²) in [5.74, 6) is -1.46. The molecule has 0 spiro atoms. The van der Waals surface area contributed by atoms with Gasteiger partial charge in [-0.25, -0.2) is 4.39 Å². The predicted octanol–water partition coefficient (Wildman–Crippen LogP) is 3.99. The standard InChI is InChI=1S/C25H29FN2O4/c1-4-16-32-20-12-8-17(9-13-20)22-21(23(29)18-6-10-19(26)11-7-18)24(30)25(31)28(22)15-5-14-27(2)3/h6-13,22,29H,4-5,14-16H2,1-3H3/t22-/m0/s1. The van der Waals surface area contributed by atoms with Crippen molar-refractivity contribution in [2.45, 2.75) is 25.8 Å². The zero-order valence-corrected chi connectivity index (χ0v) is 18.7. The van der Waals surface area contributed by atoms with Crippen molar-refractivity contribution in [3.63, 3.8) is 0 Å². The lowest BCUT2D eigenvalue weighted by atomic mass is 9.95.